The largest absolute Gasteiger partial charge is 0.272 e. The minimum Gasteiger partial charge on any atom is -0.272 e. The molecular formula is C12H22N2. The van der Waals surface area contributed by atoms with Crippen LogP contribution in [0.4, 0.5) is 0 Å². The van der Waals surface area contributed by atoms with Gasteiger partial charge in [-0.25, -0.2) is 0 Å². The zero-order chi connectivity index (χ0) is 10.6. The monoisotopic (exact) mass is 194 g/mol. The Kier molecular flexibility index (Phi) is 4.18. The topological polar surface area (TPSA) is 17.8 Å². The quantitative estimate of drug-likeness (QED) is 0.704. The fraction of sp³-hybridized carbons (Fsp3) is 0.750. The molecule has 0 N–H and O–H groups in total. The van der Waals surface area contributed by atoms with Gasteiger partial charge in [-0.3, -0.25) is 4.68 Å². The molecule has 0 aromatic carbocycles. The van der Waals surface area contributed by atoms with Gasteiger partial charge in [-0.1, -0.05) is 26.7 Å². The van der Waals surface area contributed by atoms with Crippen molar-refractivity contribution >= 4 is 0 Å². The van der Waals surface area contributed by atoms with Crippen LogP contribution in [-0.2, 0) is 19.9 Å². The van der Waals surface area contributed by atoms with E-state index in [-0.39, 0.29) is 0 Å². The van der Waals surface area contributed by atoms with Crippen LogP contribution in [-0.4, -0.2) is 9.78 Å². The molecule has 0 saturated carbocycles. The summed E-state index contributed by atoms with van der Waals surface area (Å²) in [6.07, 6.45) is 6.11. The second-order valence-corrected chi connectivity index (χ2v) is 3.99. The molecule has 0 unspecified atom stereocenters. The second-order valence-electron chi connectivity index (χ2n) is 3.99. The van der Waals surface area contributed by atoms with E-state index in [2.05, 4.69) is 37.6 Å². The minimum atomic E-state index is 1.18. The van der Waals surface area contributed by atoms with E-state index in [1.165, 1.54) is 49.1 Å². The molecule has 0 bridgehead atoms. The standard InChI is InChI=1S/C12H22N2/c1-5-7-9-12-11(8-6-2)10(3)13-14(12)4/h5-9H2,1-4H3. The van der Waals surface area contributed by atoms with Crippen LogP contribution in [0.5, 0.6) is 0 Å². The van der Waals surface area contributed by atoms with E-state index in [0.717, 1.165) is 0 Å². The number of nitrogens with zero attached hydrogens (tertiary/aromatic N) is 2. The average molecular weight is 194 g/mol. The highest BCUT2D eigenvalue weighted by Gasteiger charge is 2.11. The molecule has 0 fully saturated rings. The Labute approximate surface area is 87.3 Å². The number of aromatic nitrogens is 2. The molecule has 1 aromatic heterocycles. The van der Waals surface area contributed by atoms with Crippen LogP contribution in [0.15, 0.2) is 0 Å². The van der Waals surface area contributed by atoms with Gasteiger partial charge in [-0.05, 0) is 31.7 Å². The van der Waals surface area contributed by atoms with Crippen molar-refractivity contribution in [2.75, 3.05) is 0 Å². The summed E-state index contributed by atoms with van der Waals surface area (Å²) in [7, 11) is 2.07. The average Bonchev–Trinajstić information content (AvgIpc) is 2.40. The molecule has 0 atom stereocenters. The van der Waals surface area contributed by atoms with Crippen molar-refractivity contribution in [1.29, 1.82) is 0 Å². The first-order valence-corrected chi connectivity index (χ1v) is 5.72. The molecule has 0 radical (unpaired) electrons. The zero-order valence-electron chi connectivity index (χ0n) is 9.93. The van der Waals surface area contributed by atoms with Crippen LogP contribution in [0.1, 0.15) is 50.1 Å². The van der Waals surface area contributed by atoms with Gasteiger partial charge in [0.2, 0.25) is 0 Å². The van der Waals surface area contributed by atoms with Gasteiger partial charge in [0.05, 0.1) is 5.69 Å². The first kappa shape index (κ1) is 11.3. The van der Waals surface area contributed by atoms with Crippen molar-refractivity contribution in [2.24, 2.45) is 7.05 Å². The third-order valence-electron chi connectivity index (χ3n) is 2.74. The van der Waals surface area contributed by atoms with E-state index < -0.39 is 0 Å². The Balaban J connectivity index is 2.86. The van der Waals surface area contributed by atoms with E-state index >= 15 is 0 Å². The first-order chi connectivity index (χ1) is 6.70. The van der Waals surface area contributed by atoms with E-state index in [1.54, 1.807) is 0 Å². The number of rotatable bonds is 5. The molecule has 0 amide bonds. The summed E-state index contributed by atoms with van der Waals surface area (Å²) in [6, 6.07) is 0. The Bertz CT molecular complexity index is 287. The summed E-state index contributed by atoms with van der Waals surface area (Å²) in [5.74, 6) is 0. The molecule has 0 saturated heterocycles. The molecule has 14 heavy (non-hydrogen) atoms. The Morgan fingerprint density at radius 1 is 1.14 bits per heavy atom. The maximum absolute atomic E-state index is 4.50. The summed E-state index contributed by atoms with van der Waals surface area (Å²) in [4.78, 5) is 0. The summed E-state index contributed by atoms with van der Waals surface area (Å²) in [5, 5.41) is 4.50. The summed E-state index contributed by atoms with van der Waals surface area (Å²) < 4.78 is 2.07. The van der Waals surface area contributed by atoms with Crippen LogP contribution in [0.3, 0.4) is 0 Å². The van der Waals surface area contributed by atoms with Crippen molar-refractivity contribution < 1.29 is 0 Å². The number of hydrogen-bond donors (Lipinski definition) is 0. The Morgan fingerprint density at radius 3 is 2.43 bits per heavy atom. The van der Waals surface area contributed by atoms with E-state index in [9.17, 15) is 0 Å². The highest BCUT2D eigenvalue weighted by Crippen LogP contribution is 2.17. The van der Waals surface area contributed by atoms with Crippen molar-refractivity contribution in [1.82, 2.24) is 9.78 Å². The predicted molar refractivity (Wildman–Crippen MR) is 60.6 cm³/mol. The lowest BCUT2D eigenvalue weighted by Crippen LogP contribution is -2.00. The predicted octanol–water partition coefficient (Wildman–Crippen LogP) is 3.02. The van der Waals surface area contributed by atoms with Crippen LogP contribution in [0.2, 0.25) is 0 Å². The van der Waals surface area contributed by atoms with Crippen molar-refractivity contribution in [3.05, 3.63) is 17.0 Å². The van der Waals surface area contributed by atoms with Gasteiger partial charge in [-0.15, -0.1) is 0 Å². The van der Waals surface area contributed by atoms with E-state index in [0.29, 0.717) is 0 Å². The third kappa shape index (κ3) is 2.37. The third-order valence-corrected chi connectivity index (χ3v) is 2.74. The van der Waals surface area contributed by atoms with Crippen molar-refractivity contribution in [3.63, 3.8) is 0 Å². The van der Waals surface area contributed by atoms with E-state index in [1.807, 2.05) is 0 Å². The van der Waals surface area contributed by atoms with Gasteiger partial charge in [0.15, 0.2) is 0 Å². The van der Waals surface area contributed by atoms with Gasteiger partial charge in [0.1, 0.15) is 0 Å². The maximum Gasteiger partial charge on any atom is 0.0628 e. The molecule has 0 aliphatic rings. The lowest BCUT2D eigenvalue weighted by Gasteiger charge is -2.04. The summed E-state index contributed by atoms with van der Waals surface area (Å²) >= 11 is 0. The Hall–Kier alpha value is -0.790. The van der Waals surface area contributed by atoms with Crippen LogP contribution >= 0.6 is 0 Å². The molecule has 1 rings (SSSR count). The smallest absolute Gasteiger partial charge is 0.0628 e. The highest BCUT2D eigenvalue weighted by molar-refractivity contribution is 5.25. The molecule has 0 aliphatic heterocycles. The van der Waals surface area contributed by atoms with E-state index in [4.69, 9.17) is 0 Å². The summed E-state index contributed by atoms with van der Waals surface area (Å²) in [5.41, 5.74) is 4.16. The fourth-order valence-electron chi connectivity index (χ4n) is 1.98. The molecule has 2 nitrogen and oxygen atoms in total. The Morgan fingerprint density at radius 2 is 1.86 bits per heavy atom. The fourth-order valence-corrected chi connectivity index (χ4v) is 1.98. The van der Waals surface area contributed by atoms with Crippen LogP contribution < -0.4 is 0 Å². The van der Waals surface area contributed by atoms with Crippen LogP contribution in [0.25, 0.3) is 0 Å². The summed E-state index contributed by atoms with van der Waals surface area (Å²) in [6.45, 7) is 6.60. The molecule has 1 heterocycles. The number of hydrogen-bond acceptors (Lipinski definition) is 1. The van der Waals surface area contributed by atoms with Crippen molar-refractivity contribution in [2.45, 2.75) is 52.9 Å². The van der Waals surface area contributed by atoms with Gasteiger partial charge >= 0.3 is 0 Å². The van der Waals surface area contributed by atoms with Gasteiger partial charge < -0.3 is 0 Å². The molecule has 0 spiro atoms. The molecule has 1 aromatic rings. The SMILES string of the molecule is CCCCc1c(CCC)c(C)nn1C. The maximum atomic E-state index is 4.50. The lowest BCUT2D eigenvalue weighted by molar-refractivity contribution is 0.668. The normalized spacial score (nSPS) is 10.9. The number of aryl methyl sites for hydroxylation is 2. The first-order valence-electron chi connectivity index (χ1n) is 5.72. The number of unbranched alkanes of at least 4 members (excludes halogenated alkanes) is 1. The highest BCUT2D eigenvalue weighted by atomic mass is 15.3. The second kappa shape index (κ2) is 5.18. The van der Waals surface area contributed by atoms with Gasteiger partial charge in [0, 0.05) is 12.7 Å². The minimum absolute atomic E-state index is 1.18. The lowest BCUT2D eigenvalue weighted by atomic mass is 10.0. The van der Waals surface area contributed by atoms with Gasteiger partial charge in [0.25, 0.3) is 0 Å². The zero-order valence-corrected chi connectivity index (χ0v) is 9.93. The van der Waals surface area contributed by atoms with Gasteiger partial charge in [-0.2, -0.15) is 5.10 Å². The molecule has 2 heteroatoms. The van der Waals surface area contributed by atoms with Crippen LogP contribution in [0, 0.1) is 6.92 Å². The molecule has 80 valence electrons. The van der Waals surface area contributed by atoms with Crippen molar-refractivity contribution in [3.8, 4) is 0 Å². The molecular weight excluding hydrogens is 172 g/mol. The molecule has 0 aliphatic carbocycles.